The molecule has 0 bridgehead atoms. The Labute approximate surface area is 200 Å². The minimum Gasteiger partial charge on any atom is -0.449 e. The van der Waals surface area contributed by atoms with E-state index in [0.29, 0.717) is 5.69 Å². The number of hydrogen-bond acceptors (Lipinski definition) is 5. The van der Waals surface area contributed by atoms with Crippen LogP contribution in [0.4, 0.5) is 5.69 Å². The lowest BCUT2D eigenvalue weighted by atomic mass is 10.0. The van der Waals surface area contributed by atoms with Gasteiger partial charge in [-0.25, -0.2) is 17.9 Å². The number of aryl methyl sites for hydroxylation is 3. The molecule has 8 heteroatoms. The van der Waals surface area contributed by atoms with Crippen molar-refractivity contribution < 1.29 is 22.7 Å². The Morgan fingerprint density at radius 1 is 0.912 bits per heavy atom. The fraction of sp³-hybridized carbons (Fsp3) is 0.231. The van der Waals surface area contributed by atoms with E-state index in [4.69, 9.17) is 4.74 Å². The third-order valence-electron chi connectivity index (χ3n) is 5.27. The van der Waals surface area contributed by atoms with Gasteiger partial charge in [0.1, 0.15) is 0 Å². The van der Waals surface area contributed by atoms with Gasteiger partial charge in [-0.15, -0.1) is 0 Å². The molecule has 0 fully saturated rings. The highest BCUT2D eigenvalue weighted by Gasteiger charge is 2.22. The minimum absolute atomic E-state index is 0.0323. The first kappa shape index (κ1) is 25.1. The molecule has 0 radical (unpaired) electrons. The number of esters is 1. The molecule has 0 aliphatic heterocycles. The highest BCUT2D eigenvalue weighted by atomic mass is 32.2. The Hall–Kier alpha value is -3.49. The first-order chi connectivity index (χ1) is 16.1. The Balaban J connectivity index is 1.67. The van der Waals surface area contributed by atoms with E-state index in [1.54, 1.807) is 0 Å². The highest BCUT2D eigenvalue weighted by Crippen LogP contribution is 2.22. The van der Waals surface area contributed by atoms with Crippen LogP contribution in [0.25, 0.3) is 0 Å². The Kier molecular flexibility index (Phi) is 7.86. The zero-order valence-corrected chi connectivity index (χ0v) is 20.4. The van der Waals surface area contributed by atoms with Crippen LogP contribution in [0, 0.1) is 20.8 Å². The molecule has 0 aromatic heterocycles. The number of rotatable bonds is 8. The summed E-state index contributed by atoms with van der Waals surface area (Å²) in [5, 5.41) is 2.81. The molecule has 0 saturated heterocycles. The van der Waals surface area contributed by atoms with E-state index in [2.05, 4.69) is 10.0 Å². The summed E-state index contributed by atoms with van der Waals surface area (Å²) >= 11 is 0. The van der Waals surface area contributed by atoms with Crippen molar-refractivity contribution in [3.05, 3.63) is 94.5 Å². The third-order valence-corrected chi connectivity index (χ3v) is 6.67. The third kappa shape index (κ3) is 6.30. The first-order valence-electron chi connectivity index (χ1n) is 10.8. The maximum atomic E-state index is 12.7. The molecule has 3 rings (SSSR count). The molecule has 0 aliphatic rings. The molecule has 34 heavy (non-hydrogen) atoms. The molecule has 0 spiro atoms. The number of carbonyl (C=O) groups excluding carboxylic acids is 2. The number of nitrogens with one attached hydrogen (secondary N) is 2. The van der Waals surface area contributed by atoms with Gasteiger partial charge in [0, 0.05) is 12.2 Å². The van der Waals surface area contributed by atoms with Crippen molar-refractivity contribution >= 4 is 27.6 Å². The minimum atomic E-state index is -3.85. The largest absolute Gasteiger partial charge is 0.449 e. The van der Waals surface area contributed by atoms with Crippen LogP contribution in [-0.2, 0) is 26.1 Å². The zero-order chi connectivity index (χ0) is 24.9. The normalized spacial score (nSPS) is 12.1. The van der Waals surface area contributed by atoms with Crippen molar-refractivity contribution in [1.82, 2.24) is 4.72 Å². The summed E-state index contributed by atoms with van der Waals surface area (Å²) in [6.45, 7) is 7.34. The van der Waals surface area contributed by atoms with Crippen molar-refractivity contribution in [2.75, 3.05) is 5.32 Å². The zero-order valence-electron chi connectivity index (χ0n) is 19.6. The Morgan fingerprint density at radius 2 is 1.56 bits per heavy atom. The number of ether oxygens (including phenoxy) is 1. The van der Waals surface area contributed by atoms with E-state index in [-0.39, 0.29) is 17.0 Å². The van der Waals surface area contributed by atoms with Gasteiger partial charge in [0.15, 0.2) is 6.10 Å². The van der Waals surface area contributed by atoms with Gasteiger partial charge in [0.05, 0.1) is 10.5 Å². The number of hydrogen-bond donors (Lipinski definition) is 2. The van der Waals surface area contributed by atoms with Crippen molar-refractivity contribution in [3.8, 4) is 0 Å². The smallest absolute Gasteiger partial charge is 0.338 e. The maximum Gasteiger partial charge on any atom is 0.338 e. The van der Waals surface area contributed by atoms with Gasteiger partial charge in [-0.2, -0.15) is 0 Å². The summed E-state index contributed by atoms with van der Waals surface area (Å²) in [5.41, 5.74) is 4.41. The van der Waals surface area contributed by atoms with Gasteiger partial charge in [0.2, 0.25) is 10.0 Å². The molecule has 3 aromatic rings. The maximum absolute atomic E-state index is 12.7. The molecule has 0 heterocycles. The van der Waals surface area contributed by atoms with Crippen molar-refractivity contribution in [2.45, 2.75) is 45.2 Å². The van der Waals surface area contributed by atoms with Crippen molar-refractivity contribution in [1.29, 1.82) is 0 Å². The lowest BCUT2D eigenvalue weighted by molar-refractivity contribution is -0.123. The molecule has 2 N–H and O–H groups in total. The van der Waals surface area contributed by atoms with E-state index in [9.17, 15) is 18.0 Å². The topological polar surface area (TPSA) is 102 Å². The second kappa shape index (κ2) is 10.6. The standard InChI is InChI=1S/C26H28N2O5S/c1-17-13-18(2)24(19(3)14-17)28-25(29)20(4)33-26(30)22-11-8-12-23(15-22)34(31,32)27-16-21-9-6-5-7-10-21/h5-15,20,27H,16H2,1-4H3,(H,28,29). The summed E-state index contributed by atoms with van der Waals surface area (Å²) in [5.74, 6) is -1.27. The van der Waals surface area contributed by atoms with Crippen molar-refractivity contribution in [3.63, 3.8) is 0 Å². The average Bonchev–Trinajstić information content (AvgIpc) is 2.80. The second-order valence-electron chi connectivity index (χ2n) is 8.15. The van der Waals surface area contributed by atoms with Crippen LogP contribution in [0.15, 0.2) is 71.6 Å². The fourth-order valence-corrected chi connectivity index (χ4v) is 4.60. The average molecular weight is 481 g/mol. The summed E-state index contributed by atoms with van der Waals surface area (Å²) in [6.07, 6.45) is -1.08. The summed E-state index contributed by atoms with van der Waals surface area (Å²) < 4.78 is 33.2. The quantitative estimate of drug-likeness (QED) is 0.469. The predicted molar refractivity (Wildman–Crippen MR) is 131 cm³/mol. The van der Waals surface area contributed by atoms with Gasteiger partial charge in [-0.3, -0.25) is 4.79 Å². The van der Waals surface area contributed by atoms with Gasteiger partial charge in [0.25, 0.3) is 5.91 Å². The van der Waals surface area contributed by atoms with E-state index >= 15 is 0 Å². The van der Waals surface area contributed by atoms with Crippen LogP contribution in [0.5, 0.6) is 0 Å². The number of amides is 1. The van der Waals surface area contributed by atoms with Crippen LogP contribution in [0.1, 0.15) is 39.5 Å². The second-order valence-corrected chi connectivity index (χ2v) is 9.92. The molecular formula is C26H28N2O5S. The molecule has 1 amide bonds. The number of sulfonamides is 1. The Bertz CT molecular complexity index is 1280. The molecular weight excluding hydrogens is 452 g/mol. The van der Waals surface area contributed by atoms with E-state index in [1.807, 2.05) is 63.2 Å². The molecule has 178 valence electrons. The van der Waals surface area contributed by atoms with Gasteiger partial charge >= 0.3 is 5.97 Å². The van der Waals surface area contributed by atoms with Gasteiger partial charge < -0.3 is 10.1 Å². The monoisotopic (exact) mass is 480 g/mol. The lowest BCUT2D eigenvalue weighted by Gasteiger charge is -2.17. The molecule has 7 nitrogen and oxygen atoms in total. The number of benzene rings is 3. The first-order valence-corrected chi connectivity index (χ1v) is 12.3. The predicted octanol–water partition coefficient (Wildman–Crippen LogP) is 4.27. The van der Waals surface area contributed by atoms with E-state index in [1.165, 1.54) is 31.2 Å². The van der Waals surface area contributed by atoms with Gasteiger partial charge in [-0.05, 0) is 62.6 Å². The molecule has 1 atom stereocenters. The van der Waals surface area contributed by atoms with Crippen LogP contribution in [-0.4, -0.2) is 26.4 Å². The van der Waals surface area contributed by atoms with E-state index < -0.39 is 28.0 Å². The fourth-order valence-electron chi connectivity index (χ4n) is 3.53. The van der Waals surface area contributed by atoms with Crippen LogP contribution in [0.2, 0.25) is 0 Å². The summed E-state index contributed by atoms with van der Waals surface area (Å²) in [6, 6.07) is 18.5. The molecule has 1 unspecified atom stereocenters. The van der Waals surface area contributed by atoms with Crippen LogP contribution >= 0.6 is 0 Å². The summed E-state index contributed by atoms with van der Waals surface area (Å²) in [7, 11) is -3.85. The summed E-state index contributed by atoms with van der Waals surface area (Å²) in [4.78, 5) is 25.2. The number of carbonyl (C=O) groups is 2. The van der Waals surface area contributed by atoms with Crippen LogP contribution < -0.4 is 10.0 Å². The molecule has 3 aromatic carbocycles. The molecule has 0 saturated carbocycles. The van der Waals surface area contributed by atoms with Gasteiger partial charge in [-0.1, -0.05) is 54.1 Å². The number of anilines is 1. The Morgan fingerprint density at radius 3 is 2.21 bits per heavy atom. The lowest BCUT2D eigenvalue weighted by Crippen LogP contribution is -2.30. The van der Waals surface area contributed by atoms with E-state index in [0.717, 1.165) is 22.3 Å². The highest BCUT2D eigenvalue weighted by molar-refractivity contribution is 7.89. The van der Waals surface area contributed by atoms with Crippen LogP contribution in [0.3, 0.4) is 0 Å². The molecule has 0 aliphatic carbocycles. The SMILES string of the molecule is Cc1cc(C)c(NC(=O)C(C)OC(=O)c2cccc(S(=O)(=O)NCc3ccccc3)c2)c(C)c1. The van der Waals surface area contributed by atoms with Crippen molar-refractivity contribution in [2.24, 2.45) is 0 Å².